The van der Waals surface area contributed by atoms with Crippen molar-refractivity contribution in [3.8, 4) is 5.88 Å². The summed E-state index contributed by atoms with van der Waals surface area (Å²) < 4.78 is 0. The van der Waals surface area contributed by atoms with Crippen LogP contribution in [0.3, 0.4) is 0 Å². The third kappa shape index (κ3) is 0.918. The molecule has 0 unspecified atom stereocenters. The van der Waals surface area contributed by atoms with Gasteiger partial charge in [-0.2, -0.15) is 5.10 Å². The molecular formula is C6H6N4OS. The van der Waals surface area contributed by atoms with Crippen LogP contribution in [-0.2, 0) is 0 Å². The van der Waals surface area contributed by atoms with Crippen molar-refractivity contribution in [2.24, 2.45) is 0 Å². The van der Waals surface area contributed by atoms with Crippen LogP contribution in [0.1, 0.15) is 0 Å². The first-order valence-corrected chi connectivity index (χ1v) is 4.47. The summed E-state index contributed by atoms with van der Waals surface area (Å²) in [4.78, 5) is 7.57. The Kier molecular flexibility index (Phi) is 1.61. The summed E-state index contributed by atoms with van der Waals surface area (Å²) in [5.74, 6) is -0.0295. The number of rotatable bonds is 1. The smallest absolute Gasteiger partial charge is 0.226 e. The number of fused-ring (bicyclic) bond motifs is 1. The highest BCUT2D eigenvalue weighted by Crippen LogP contribution is 2.27. The van der Waals surface area contributed by atoms with Gasteiger partial charge in [-0.3, -0.25) is 5.10 Å². The van der Waals surface area contributed by atoms with Gasteiger partial charge in [0.25, 0.3) is 0 Å². The predicted octanol–water partition coefficient (Wildman–Crippen LogP) is 0.780. The molecule has 0 saturated carbocycles. The van der Waals surface area contributed by atoms with Crippen LogP contribution in [0.25, 0.3) is 11.0 Å². The second-order valence-corrected chi connectivity index (χ2v) is 2.95. The van der Waals surface area contributed by atoms with Gasteiger partial charge in [-0.25, -0.2) is 9.97 Å². The van der Waals surface area contributed by atoms with Crippen LogP contribution in [0, 0.1) is 0 Å². The normalized spacial score (nSPS) is 10.8. The minimum Gasteiger partial charge on any atom is -0.493 e. The molecule has 0 spiro atoms. The highest BCUT2D eigenvalue weighted by atomic mass is 32.2. The fraction of sp³-hybridized carbons (Fsp3) is 0.167. The number of aromatic hydroxyl groups is 1. The third-order valence-electron chi connectivity index (χ3n) is 1.50. The van der Waals surface area contributed by atoms with Crippen molar-refractivity contribution in [1.29, 1.82) is 0 Å². The molecule has 0 aromatic carbocycles. The zero-order valence-corrected chi connectivity index (χ0v) is 7.09. The monoisotopic (exact) mass is 182 g/mol. The molecule has 5 nitrogen and oxygen atoms in total. The van der Waals surface area contributed by atoms with Crippen molar-refractivity contribution >= 4 is 22.8 Å². The molecule has 0 aliphatic rings. The van der Waals surface area contributed by atoms with E-state index in [-0.39, 0.29) is 5.88 Å². The Hall–Kier alpha value is -1.30. The molecule has 0 radical (unpaired) electrons. The molecule has 0 atom stereocenters. The lowest BCUT2D eigenvalue weighted by Gasteiger charge is -1.92. The fourth-order valence-electron chi connectivity index (χ4n) is 0.965. The molecule has 12 heavy (non-hydrogen) atoms. The van der Waals surface area contributed by atoms with Gasteiger partial charge in [0.2, 0.25) is 5.88 Å². The zero-order chi connectivity index (χ0) is 8.55. The highest BCUT2D eigenvalue weighted by molar-refractivity contribution is 7.98. The first-order chi connectivity index (χ1) is 5.83. The van der Waals surface area contributed by atoms with Crippen molar-refractivity contribution < 1.29 is 5.11 Å². The van der Waals surface area contributed by atoms with Gasteiger partial charge in [0.05, 0.1) is 0 Å². The van der Waals surface area contributed by atoms with Gasteiger partial charge >= 0.3 is 0 Å². The Bertz CT molecular complexity index is 413. The molecule has 0 aliphatic heterocycles. The molecular weight excluding hydrogens is 176 g/mol. The molecule has 0 fully saturated rings. The fourth-order valence-corrected chi connectivity index (χ4v) is 1.49. The second-order valence-electron chi connectivity index (χ2n) is 2.15. The Balaban J connectivity index is 2.83. The van der Waals surface area contributed by atoms with E-state index in [0.29, 0.717) is 16.1 Å². The van der Waals surface area contributed by atoms with Gasteiger partial charge in [-0.1, -0.05) is 0 Å². The van der Waals surface area contributed by atoms with E-state index in [2.05, 4.69) is 20.2 Å². The molecule has 2 rings (SSSR count). The number of hydrogen-bond donors (Lipinski definition) is 2. The molecule has 2 aromatic rings. The standard InChI is InChI=1S/C6H6N4OS/c1-12-6-3-4(9-10-6)7-2-8-5(3)11/h2H,1H3,(H2,7,8,9,10,11). The number of hydrogen-bond acceptors (Lipinski definition) is 5. The average molecular weight is 182 g/mol. The number of H-pyrrole nitrogens is 1. The van der Waals surface area contributed by atoms with E-state index in [1.54, 1.807) is 0 Å². The quantitative estimate of drug-likeness (QED) is 0.637. The molecule has 0 aliphatic carbocycles. The van der Waals surface area contributed by atoms with E-state index in [1.807, 2.05) is 6.26 Å². The molecule has 0 amide bonds. The van der Waals surface area contributed by atoms with Crippen molar-refractivity contribution in [2.75, 3.05) is 6.26 Å². The van der Waals surface area contributed by atoms with Crippen LogP contribution in [-0.4, -0.2) is 31.5 Å². The maximum atomic E-state index is 9.35. The van der Waals surface area contributed by atoms with Crippen LogP contribution in [0.4, 0.5) is 0 Å². The van der Waals surface area contributed by atoms with Gasteiger partial charge in [0, 0.05) is 0 Å². The van der Waals surface area contributed by atoms with Gasteiger partial charge in [-0.05, 0) is 6.26 Å². The lowest BCUT2D eigenvalue weighted by atomic mass is 10.4. The van der Waals surface area contributed by atoms with Crippen LogP contribution >= 0.6 is 11.8 Å². The van der Waals surface area contributed by atoms with E-state index >= 15 is 0 Å². The summed E-state index contributed by atoms with van der Waals surface area (Å²) in [5.41, 5.74) is 0.562. The van der Waals surface area contributed by atoms with Gasteiger partial charge in [0.1, 0.15) is 16.7 Å². The maximum absolute atomic E-state index is 9.35. The topological polar surface area (TPSA) is 74.7 Å². The lowest BCUT2D eigenvalue weighted by molar-refractivity contribution is 0.458. The van der Waals surface area contributed by atoms with E-state index in [9.17, 15) is 5.11 Å². The molecule has 2 N–H and O–H groups in total. The number of aromatic nitrogens is 4. The second kappa shape index (κ2) is 2.63. The van der Waals surface area contributed by atoms with Crippen LogP contribution < -0.4 is 0 Å². The molecule has 0 saturated heterocycles. The average Bonchev–Trinajstić information content (AvgIpc) is 2.49. The number of nitrogens with one attached hydrogen (secondary N) is 1. The zero-order valence-electron chi connectivity index (χ0n) is 6.27. The first-order valence-electron chi connectivity index (χ1n) is 3.25. The number of nitrogens with zero attached hydrogens (tertiary/aromatic N) is 3. The molecule has 2 heterocycles. The Labute approximate surface area is 72.2 Å². The molecule has 6 heteroatoms. The van der Waals surface area contributed by atoms with Crippen molar-refractivity contribution in [3.05, 3.63) is 6.33 Å². The van der Waals surface area contributed by atoms with E-state index in [0.717, 1.165) is 0 Å². The van der Waals surface area contributed by atoms with Gasteiger partial charge in [-0.15, -0.1) is 11.8 Å². The minimum absolute atomic E-state index is 0.0295. The summed E-state index contributed by atoms with van der Waals surface area (Å²) in [7, 11) is 0. The van der Waals surface area contributed by atoms with Crippen LogP contribution in [0.2, 0.25) is 0 Å². The number of aromatic amines is 1. The third-order valence-corrected chi connectivity index (χ3v) is 2.18. The van der Waals surface area contributed by atoms with Crippen LogP contribution in [0.15, 0.2) is 11.4 Å². The minimum atomic E-state index is -0.0295. The van der Waals surface area contributed by atoms with Crippen molar-refractivity contribution in [1.82, 2.24) is 20.2 Å². The van der Waals surface area contributed by atoms with Gasteiger partial charge < -0.3 is 5.11 Å². The number of thioether (sulfide) groups is 1. The molecule has 2 aromatic heterocycles. The largest absolute Gasteiger partial charge is 0.493 e. The van der Waals surface area contributed by atoms with Crippen molar-refractivity contribution in [2.45, 2.75) is 5.03 Å². The van der Waals surface area contributed by atoms with Crippen molar-refractivity contribution in [3.63, 3.8) is 0 Å². The predicted molar refractivity (Wildman–Crippen MR) is 45.1 cm³/mol. The van der Waals surface area contributed by atoms with E-state index in [1.165, 1.54) is 18.1 Å². The summed E-state index contributed by atoms with van der Waals surface area (Å²) in [6.45, 7) is 0. The lowest BCUT2D eigenvalue weighted by Crippen LogP contribution is -1.80. The summed E-state index contributed by atoms with van der Waals surface area (Å²) in [6, 6.07) is 0. The molecule has 0 bridgehead atoms. The summed E-state index contributed by atoms with van der Waals surface area (Å²) in [5, 5.41) is 17.3. The van der Waals surface area contributed by atoms with E-state index in [4.69, 9.17) is 0 Å². The SMILES string of the molecule is CSc1n[nH]c2ncnc(O)c12. The Morgan fingerprint density at radius 3 is 3.08 bits per heavy atom. The molecule has 62 valence electrons. The van der Waals surface area contributed by atoms with Gasteiger partial charge in [0.15, 0.2) is 5.65 Å². The first kappa shape index (κ1) is 7.35. The maximum Gasteiger partial charge on any atom is 0.226 e. The highest BCUT2D eigenvalue weighted by Gasteiger charge is 2.10. The van der Waals surface area contributed by atoms with E-state index < -0.39 is 0 Å². The Morgan fingerprint density at radius 1 is 1.50 bits per heavy atom. The summed E-state index contributed by atoms with van der Waals surface area (Å²) >= 11 is 1.44. The Morgan fingerprint density at radius 2 is 2.33 bits per heavy atom. The van der Waals surface area contributed by atoms with Crippen LogP contribution in [0.5, 0.6) is 5.88 Å². The summed E-state index contributed by atoms with van der Waals surface area (Å²) in [6.07, 6.45) is 3.17.